The topological polar surface area (TPSA) is 81.2 Å². The number of hydrogen-bond acceptors (Lipinski definition) is 6. The lowest BCUT2D eigenvalue weighted by molar-refractivity contribution is -0.119. The number of amides is 1. The van der Waals surface area contributed by atoms with Crippen molar-refractivity contribution in [2.45, 2.75) is 57.7 Å². The molecule has 0 aliphatic rings. The predicted octanol–water partition coefficient (Wildman–Crippen LogP) is 3.82. The number of nitrogens with zero attached hydrogens (tertiary/aromatic N) is 2. The van der Waals surface area contributed by atoms with Crippen LogP contribution in [0.1, 0.15) is 45.3 Å². The van der Waals surface area contributed by atoms with Crippen molar-refractivity contribution in [1.29, 1.82) is 0 Å². The second-order valence-electron chi connectivity index (χ2n) is 5.52. The molecular formula is C16H23N3O3S. The molecule has 1 unspecified atom stereocenters. The molecular weight excluding hydrogens is 314 g/mol. The van der Waals surface area contributed by atoms with Crippen LogP contribution in [0.4, 0.5) is 0 Å². The standard InChI is InChI=1S/C16H23N3O3S/c1-4-5-6-7-11(2)17-14(20)10-23-16-19-18-15(22-16)13-8-9-21-12(13)3/h8-9,11H,4-7,10H2,1-3H3,(H,17,20). The third-order valence-corrected chi connectivity index (χ3v) is 4.29. The van der Waals surface area contributed by atoms with E-state index in [9.17, 15) is 4.79 Å². The highest BCUT2D eigenvalue weighted by Crippen LogP contribution is 2.26. The first-order chi connectivity index (χ1) is 11.1. The van der Waals surface area contributed by atoms with Gasteiger partial charge >= 0.3 is 0 Å². The van der Waals surface area contributed by atoms with Gasteiger partial charge in [-0.15, -0.1) is 10.2 Å². The number of hydrogen-bond donors (Lipinski definition) is 1. The number of aryl methyl sites for hydroxylation is 1. The van der Waals surface area contributed by atoms with Crippen LogP contribution in [0.15, 0.2) is 26.4 Å². The quantitative estimate of drug-likeness (QED) is 0.553. The van der Waals surface area contributed by atoms with Crippen LogP contribution in [0.2, 0.25) is 0 Å². The average Bonchev–Trinajstić information content (AvgIpc) is 3.14. The lowest BCUT2D eigenvalue weighted by Crippen LogP contribution is -2.33. The maximum Gasteiger partial charge on any atom is 0.277 e. The van der Waals surface area contributed by atoms with Crippen LogP contribution in [0.5, 0.6) is 0 Å². The van der Waals surface area contributed by atoms with Gasteiger partial charge in [-0.2, -0.15) is 0 Å². The zero-order valence-corrected chi connectivity index (χ0v) is 14.6. The molecule has 7 heteroatoms. The van der Waals surface area contributed by atoms with Crippen molar-refractivity contribution >= 4 is 17.7 Å². The molecule has 0 bridgehead atoms. The van der Waals surface area contributed by atoms with Crippen molar-refractivity contribution in [3.63, 3.8) is 0 Å². The molecule has 6 nitrogen and oxygen atoms in total. The van der Waals surface area contributed by atoms with Gasteiger partial charge in [0.1, 0.15) is 5.76 Å². The van der Waals surface area contributed by atoms with Crippen LogP contribution in [-0.2, 0) is 4.79 Å². The third kappa shape index (κ3) is 5.42. The van der Waals surface area contributed by atoms with Crippen LogP contribution >= 0.6 is 11.8 Å². The van der Waals surface area contributed by atoms with Crippen LogP contribution in [0.25, 0.3) is 11.5 Å². The molecule has 0 aliphatic heterocycles. The number of furan rings is 1. The Bertz CT molecular complexity index is 624. The Balaban J connectivity index is 1.77. The Morgan fingerprint density at radius 2 is 2.22 bits per heavy atom. The summed E-state index contributed by atoms with van der Waals surface area (Å²) >= 11 is 1.24. The maximum atomic E-state index is 11.9. The summed E-state index contributed by atoms with van der Waals surface area (Å²) in [5, 5.41) is 11.3. The second-order valence-corrected chi connectivity index (χ2v) is 6.44. The fourth-order valence-electron chi connectivity index (χ4n) is 2.20. The molecule has 126 valence electrons. The maximum absolute atomic E-state index is 11.9. The first kappa shape index (κ1) is 17.6. The summed E-state index contributed by atoms with van der Waals surface area (Å²) in [6, 6.07) is 1.98. The minimum Gasteiger partial charge on any atom is -0.469 e. The molecule has 0 spiro atoms. The monoisotopic (exact) mass is 337 g/mol. The summed E-state index contributed by atoms with van der Waals surface area (Å²) in [5.74, 6) is 1.39. The average molecular weight is 337 g/mol. The lowest BCUT2D eigenvalue weighted by Gasteiger charge is -2.12. The van der Waals surface area contributed by atoms with E-state index in [1.165, 1.54) is 24.6 Å². The van der Waals surface area contributed by atoms with Crippen LogP contribution in [0.3, 0.4) is 0 Å². The lowest BCUT2D eigenvalue weighted by atomic mass is 10.1. The Kier molecular flexibility index (Phi) is 6.70. The molecule has 2 aromatic rings. The molecule has 1 atom stereocenters. The molecule has 0 aliphatic carbocycles. The summed E-state index contributed by atoms with van der Waals surface area (Å²) < 4.78 is 10.8. The summed E-state index contributed by atoms with van der Waals surface area (Å²) in [6.07, 6.45) is 6.12. The molecule has 0 saturated heterocycles. The number of thioether (sulfide) groups is 1. The molecule has 23 heavy (non-hydrogen) atoms. The SMILES string of the molecule is CCCCCC(C)NC(=O)CSc1nnc(-c2ccoc2C)o1. The molecule has 0 saturated carbocycles. The number of rotatable bonds is 9. The molecule has 0 radical (unpaired) electrons. The Hall–Kier alpha value is -1.76. The second kappa shape index (κ2) is 8.76. The first-order valence-electron chi connectivity index (χ1n) is 7.90. The van der Waals surface area contributed by atoms with Crippen molar-refractivity contribution in [2.75, 3.05) is 5.75 Å². The van der Waals surface area contributed by atoms with Crippen molar-refractivity contribution in [1.82, 2.24) is 15.5 Å². The summed E-state index contributed by atoms with van der Waals surface area (Å²) in [7, 11) is 0. The van der Waals surface area contributed by atoms with Gasteiger partial charge in [-0.05, 0) is 26.3 Å². The van der Waals surface area contributed by atoms with Gasteiger partial charge in [0.2, 0.25) is 5.91 Å². The van der Waals surface area contributed by atoms with Gasteiger partial charge in [0.05, 0.1) is 17.6 Å². The van der Waals surface area contributed by atoms with Gasteiger partial charge in [-0.25, -0.2) is 0 Å². The van der Waals surface area contributed by atoms with Gasteiger partial charge < -0.3 is 14.2 Å². The molecule has 2 heterocycles. The highest BCUT2D eigenvalue weighted by atomic mass is 32.2. The van der Waals surface area contributed by atoms with E-state index in [4.69, 9.17) is 8.83 Å². The molecule has 0 aromatic carbocycles. The third-order valence-electron chi connectivity index (χ3n) is 3.47. The van der Waals surface area contributed by atoms with E-state index >= 15 is 0 Å². The molecule has 2 aromatic heterocycles. The van der Waals surface area contributed by atoms with Gasteiger partial charge in [-0.3, -0.25) is 4.79 Å². The number of carbonyl (C=O) groups excluding carboxylic acids is 1. The summed E-state index contributed by atoms with van der Waals surface area (Å²) in [5.41, 5.74) is 0.776. The van der Waals surface area contributed by atoms with E-state index in [-0.39, 0.29) is 17.7 Å². The minimum absolute atomic E-state index is 0.0155. The highest BCUT2D eigenvalue weighted by molar-refractivity contribution is 7.99. The first-order valence-corrected chi connectivity index (χ1v) is 8.88. The molecule has 2 rings (SSSR count). The van der Waals surface area contributed by atoms with Crippen molar-refractivity contribution in [3.05, 3.63) is 18.1 Å². The van der Waals surface area contributed by atoms with Crippen molar-refractivity contribution in [3.8, 4) is 11.5 Å². The normalized spacial score (nSPS) is 12.3. The highest BCUT2D eigenvalue weighted by Gasteiger charge is 2.15. The predicted molar refractivity (Wildman–Crippen MR) is 89.2 cm³/mol. The van der Waals surface area contributed by atoms with Gasteiger partial charge in [0, 0.05) is 6.04 Å². The van der Waals surface area contributed by atoms with E-state index < -0.39 is 0 Å². The number of nitrogens with one attached hydrogen (secondary N) is 1. The number of aromatic nitrogens is 2. The Labute approximate surface area is 140 Å². The summed E-state index contributed by atoms with van der Waals surface area (Å²) in [4.78, 5) is 11.9. The van der Waals surface area contributed by atoms with E-state index in [0.29, 0.717) is 11.1 Å². The number of carbonyl (C=O) groups is 1. The molecule has 1 amide bonds. The van der Waals surface area contributed by atoms with E-state index in [1.807, 2.05) is 13.8 Å². The minimum atomic E-state index is -0.0155. The molecule has 1 N–H and O–H groups in total. The van der Waals surface area contributed by atoms with Crippen molar-refractivity contribution < 1.29 is 13.6 Å². The van der Waals surface area contributed by atoms with E-state index in [0.717, 1.165) is 24.2 Å². The molecule has 0 fully saturated rings. The zero-order valence-electron chi connectivity index (χ0n) is 13.8. The Morgan fingerprint density at radius 3 is 2.91 bits per heavy atom. The Morgan fingerprint density at radius 1 is 1.39 bits per heavy atom. The number of unbranched alkanes of at least 4 members (excludes halogenated alkanes) is 2. The van der Waals surface area contributed by atoms with Gasteiger partial charge in [0.25, 0.3) is 11.1 Å². The summed E-state index contributed by atoms with van der Waals surface area (Å²) in [6.45, 7) is 6.04. The fraction of sp³-hybridized carbons (Fsp3) is 0.562. The smallest absolute Gasteiger partial charge is 0.277 e. The zero-order chi connectivity index (χ0) is 16.7. The van der Waals surface area contributed by atoms with Crippen LogP contribution in [-0.4, -0.2) is 27.9 Å². The van der Waals surface area contributed by atoms with Crippen molar-refractivity contribution in [2.24, 2.45) is 0 Å². The van der Waals surface area contributed by atoms with E-state index in [2.05, 4.69) is 22.4 Å². The van der Waals surface area contributed by atoms with Crippen LogP contribution < -0.4 is 5.32 Å². The largest absolute Gasteiger partial charge is 0.469 e. The van der Waals surface area contributed by atoms with E-state index in [1.54, 1.807) is 12.3 Å². The fourth-order valence-corrected chi connectivity index (χ4v) is 2.77. The van der Waals surface area contributed by atoms with Gasteiger partial charge in [-0.1, -0.05) is 37.9 Å². The van der Waals surface area contributed by atoms with Gasteiger partial charge in [0.15, 0.2) is 0 Å². The van der Waals surface area contributed by atoms with Crippen LogP contribution in [0, 0.1) is 6.92 Å².